The van der Waals surface area contributed by atoms with Crippen molar-refractivity contribution in [2.75, 3.05) is 11.4 Å². The molecule has 7 rings (SSSR count). The van der Waals surface area contributed by atoms with Crippen molar-refractivity contribution < 1.29 is 4.57 Å². The van der Waals surface area contributed by atoms with E-state index in [1.807, 2.05) is 23.1 Å². The number of nitrogens with zero attached hydrogens (tertiary/aromatic N) is 2. The van der Waals surface area contributed by atoms with Gasteiger partial charge < -0.3 is 4.90 Å². The van der Waals surface area contributed by atoms with Gasteiger partial charge in [0.25, 0.3) is 5.01 Å². The largest absolute Gasteiger partial charge is 0.335 e. The van der Waals surface area contributed by atoms with E-state index in [0.717, 1.165) is 13.1 Å². The van der Waals surface area contributed by atoms with Gasteiger partial charge in [-0.1, -0.05) is 59.5 Å². The monoisotopic (exact) mass is 481 g/mol. The highest BCUT2D eigenvalue weighted by molar-refractivity contribution is 8.03. The Kier molecular flexibility index (Phi) is 5.25. The van der Waals surface area contributed by atoms with E-state index in [2.05, 4.69) is 76.2 Å². The molecule has 0 N–H and O–H groups in total. The lowest BCUT2D eigenvalue weighted by Crippen LogP contribution is -2.38. The molecule has 0 unspecified atom stereocenters. The average Bonchev–Trinajstić information content (AvgIpc) is 3.44. The maximum atomic E-state index is 2.55. The smallest absolute Gasteiger partial charge is 0.265 e. The van der Waals surface area contributed by atoms with Gasteiger partial charge in [-0.05, 0) is 79.5 Å². The number of allylic oxidation sites excluding steroid dienone is 7. The lowest BCUT2D eigenvalue weighted by molar-refractivity contribution is -0.672. The predicted molar refractivity (Wildman–Crippen MR) is 145 cm³/mol. The van der Waals surface area contributed by atoms with Crippen LogP contribution in [0.15, 0.2) is 93.4 Å². The highest BCUT2D eigenvalue weighted by Gasteiger charge is 2.30. The molecule has 0 amide bonds. The Morgan fingerprint density at radius 1 is 0.853 bits per heavy atom. The Hall–Kier alpha value is -2.56. The van der Waals surface area contributed by atoms with Crippen molar-refractivity contribution in [2.45, 2.75) is 56.4 Å². The number of para-hydroxylation sites is 2. The van der Waals surface area contributed by atoms with Crippen molar-refractivity contribution in [2.24, 2.45) is 0 Å². The minimum atomic E-state index is 1.15. The van der Waals surface area contributed by atoms with E-state index in [1.54, 1.807) is 0 Å². The van der Waals surface area contributed by atoms with Crippen LogP contribution in [0.4, 0.5) is 5.69 Å². The van der Waals surface area contributed by atoms with E-state index < -0.39 is 0 Å². The summed E-state index contributed by atoms with van der Waals surface area (Å²) in [5.41, 5.74) is 8.89. The minimum absolute atomic E-state index is 1.15. The third-order valence-corrected chi connectivity index (χ3v) is 9.92. The molecule has 0 radical (unpaired) electrons. The Labute approximate surface area is 210 Å². The van der Waals surface area contributed by atoms with Crippen LogP contribution in [0.25, 0.3) is 15.8 Å². The lowest BCUT2D eigenvalue weighted by Gasteiger charge is -2.27. The SMILES string of the molecule is C1=C(C=C2CCC[n+]3c2sc2ccccc23)CCCC1=CC1=C2Sc3ccccc3N2CCC1. The highest BCUT2D eigenvalue weighted by Crippen LogP contribution is 2.49. The number of anilines is 1. The first-order valence-corrected chi connectivity index (χ1v) is 14.3. The van der Waals surface area contributed by atoms with Gasteiger partial charge in [0, 0.05) is 29.5 Å². The van der Waals surface area contributed by atoms with E-state index in [1.165, 1.54) is 98.1 Å². The first-order chi connectivity index (χ1) is 16.8. The van der Waals surface area contributed by atoms with Crippen LogP contribution in [-0.4, -0.2) is 6.54 Å². The molecule has 3 aliphatic heterocycles. The summed E-state index contributed by atoms with van der Waals surface area (Å²) in [6, 6.07) is 17.8. The van der Waals surface area contributed by atoms with Gasteiger partial charge >= 0.3 is 0 Å². The molecule has 4 heteroatoms. The number of aryl methyl sites for hydroxylation is 1. The van der Waals surface area contributed by atoms with Crippen molar-refractivity contribution in [3.8, 4) is 0 Å². The third-order valence-electron chi connectivity index (χ3n) is 7.44. The van der Waals surface area contributed by atoms with Gasteiger partial charge in [0.05, 0.1) is 10.7 Å². The van der Waals surface area contributed by atoms with E-state index in [0.29, 0.717) is 0 Å². The number of rotatable bonds is 2. The van der Waals surface area contributed by atoms with Crippen molar-refractivity contribution in [1.82, 2.24) is 0 Å². The number of thiazole rings is 1. The molecular weight excluding hydrogens is 452 g/mol. The van der Waals surface area contributed by atoms with Crippen LogP contribution in [0.5, 0.6) is 0 Å². The second kappa shape index (κ2) is 8.58. The van der Waals surface area contributed by atoms with Gasteiger partial charge in [-0.15, -0.1) is 0 Å². The highest BCUT2D eigenvalue weighted by atomic mass is 32.2. The van der Waals surface area contributed by atoms with E-state index >= 15 is 0 Å². The zero-order valence-corrected chi connectivity index (χ0v) is 21.1. The molecule has 1 aromatic heterocycles. The molecule has 34 heavy (non-hydrogen) atoms. The molecular formula is C30H29N2S2+. The summed E-state index contributed by atoms with van der Waals surface area (Å²) < 4.78 is 3.96. The summed E-state index contributed by atoms with van der Waals surface area (Å²) >= 11 is 3.93. The summed E-state index contributed by atoms with van der Waals surface area (Å²) in [6.45, 7) is 2.29. The van der Waals surface area contributed by atoms with Crippen LogP contribution in [0.1, 0.15) is 50.0 Å². The predicted octanol–water partition coefficient (Wildman–Crippen LogP) is 8.02. The minimum Gasteiger partial charge on any atom is -0.335 e. The van der Waals surface area contributed by atoms with E-state index in [-0.39, 0.29) is 0 Å². The Balaban J connectivity index is 1.23. The molecule has 0 bridgehead atoms. The van der Waals surface area contributed by atoms with Crippen LogP contribution in [-0.2, 0) is 6.54 Å². The molecule has 170 valence electrons. The second-order valence-corrected chi connectivity index (χ2v) is 11.8. The number of fused-ring (bicyclic) bond motifs is 6. The maximum absolute atomic E-state index is 2.55. The van der Waals surface area contributed by atoms with Crippen LogP contribution in [0.3, 0.4) is 0 Å². The summed E-state index contributed by atoms with van der Waals surface area (Å²) in [5.74, 6) is 0. The Morgan fingerprint density at radius 2 is 1.76 bits per heavy atom. The average molecular weight is 482 g/mol. The zero-order chi connectivity index (χ0) is 22.5. The number of benzene rings is 2. The van der Waals surface area contributed by atoms with E-state index in [9.17, 15) is 0 Å². The summed E-state index contributed by atoms with van der Waals surface area (Å²) in [5, 5.41) is 2.94. The number of hydrogen-bond donors (Lipinski definition) is 0. The molecule has 0 fully saturated rings. The van der Waals surface area contributed by atoms with Crippen molar-refractivity contribution >= 4 is 44.6 Å². The first-order valence-electron chi connectivity index (χ1n) is 12.6. The van der Waals surface area contributed by atoms with Gasteiger partial charge in [0.1, 0.15) is 4.70 Å². The maximum Gasteiger partial charge on any atom is 0.265 e. The normalized spacial score (nSPS) is 22.2. The Bertz CT molecular complexity index is 1420. The third kappa shape index (κ3) is 3.59. The van der Waals surface area contributed by atoms with Crippen LogP contribution in [0.2, 0.25) is 0 Å². The molecule has 0 saturated carbocycles. The molecule has 0 saturated heterocycles. The fourth-order valence-corrected chi connectivity index (χ4v) is 8.34. The summed E-state index contributed by atoms with van der Waals surface area (Å²) in [7, 11) is 0. The van der Waals surface area contributed by atoms with Crippen LogP contribution < -0.4 is 9.47 Å². The topological polar surface area (TPSA) is 7.12 Å². The summed E-state index contributed by atoms with van der Waals surface area (Å²) in [6.07, 6.45) is 16.1. The van der Waals surface area contributed by atoms with Gasteiger partial charge in [-0.3, -0.25) is 0 Å². The fourth-order valence-electron chi connectivity index (χ4n) is 5.88. The van der Waals surface area contributed by atoms with Gasteiger partial charge in [-0.25, -0.2) is 0 Å². The van der Waals surface area contributed by atoms with Crippen molar-refractivity contribution in [3.63, 3.8) is 0 Å². The molecule has 0 atom stereocenters. The van der Waals surface area contributed by atoms with Gasteiger partial charge in [-0.2, -0.15) is 4.57 Å². The van der Waals surface area contributed by atoms with Gasteiger partial charge in [0.15, 0.2) is 6.54 Å². The van der Waals surface area contributed by atoms with Crippen molar-refractivity contribution in [1.29, 1.82) is 0 Å². The number of aromatic nitrogens is 1. The second-order valence-electron chi connectivity index (χ2n) is 9.75. The van der Waals surface area contributed by atoms with Crippen molar-refractivity contribution in [3.05, 3.63) is 93.5 Å². The number of hydrogen-bond acceptors (Lipinski definition) is 3. The zero-order valence-electron chi connectivity index (χ0n) is 19.4. The molecule has 0 spiro atoms. The summed E-state index contributed by atoms with van der Waals surface area (Å²) in [4.78, 5) is 3.96. The molecule has 2 aromatic carbocycles. The van der Waals surface area contributed by atoms with Crippen LogP contribution in [0, 0.1) is 0 Å². The molecule has 4 heterocycles. The molecule has 3 aromatic rings. The van der Waals surface area contributed by atoms with Gasteiger partial charge in [0.2, 0.25) is 5.52 Å². The van der Waals surface area contributed by atoms with E-state index in [4.69, 9.17) is 0 Å². The number of thioether (sulfide) groups is 1. The molecule has 1 aliphatic carbocycles. The molecule has 4 aliphatic rings. The standard InChI is InChI=1S/C30H29N2S2/c1-3-14-27-25(12-1)31-16-6-10-23(29(31)33-27)19-21-8-5-9-22(18-21)20-24-11-7-17-32-26-13-2-4-15-28(26)34-30(24)32/h1-4,12-15,18-20H,5-11,16-17H2/q+1. The Morgan fingerprint density at radius 3 is 2.76 bits per heavy atom. The fraction of sp³-hybridized carbons (Fsp3) is 0.300. The quantitative estimate of drug-likeness (QED) is 0.342. The van der Waals surface area contributed by atoms with Crippen LogP contribution >= 0.6 is 23.1 Å². The first kappa shape index (κ1) is 20.8. The molecule has 2 nitrogen and oxygen atoms in total. The lowest BCUT2D eigenvalue weighted by atomic mass is 9.91.